The van der Waals surface area contributed by atoms with E-state index in [1.54, 1.807) is 6.07 Å². The summed E-state index contributed by atoms with van der Waals surface area (Å²) in [4.78, 5) is 25.1. The van der Waals surface area contributed by atoms with E-state index in [0.29, 0.717) is 10.6 Å². The lowest BCUT2D eigenvalue weighted by atomic mass is 10.1. The van der Waals surface area contributed by atoms with Gasteiger partial charge >= 0.3 is 0 Å². The van der Waals surface area contributed by atoms with Crippen molar-refractivity contribution in [1.82, 2.24) is 10.9 Å². The molecule has 2 rings (SSSR count). The van der Waals surface area contributed by atoms with Crippen molar-refractivity contribution in [3.8, 4) is 5.75 Å². The summed E-state index contributed by atoms with van der Waals surface area (Å²) in [5, 5.41) is 0. The molecule has 2 N–H and O–H groups in total. The van der Waals surface area contributed by atoms with Crippen LogP contribution < -0.4 is 15.6 Å². The number of carbonyl (C=O) groups is 2. The van der Waals surface area contributed by atoms with Crippen LogP contribution in [0.1, 0.15) is 27.0 Å². The second-order valence-corrected chi connectivity index (χ2v) is 5.95. The third-order valence-corrected chi connectivity index (χ3v) is 3.99. The standard InChI is InChI=1S/C16H18N2O3S/c1-3-12-6-4-5-7-13(12)21-10-15(19)17-18-16(20)14-9-8-11(2)22-14/h4-9H,3,10H2,1-2H3,(H,17,19)(H,18,20). The summed E-state index contributed by atoms with van der Waals surface area (Å²) >= 11 is 1.37. The molecule has 22 heavy (non-hydrogen) atoms. The van der Waals surface area contributed by atoms with Crippen molar-refractivity contribution >= 4 is 23.2 Å². The fraction of sp³-hybridized carbons (Fsp3) is 0.250. The van der Waals surface area contributed by atoms with Gasteiger partial charge in [0.2, 0.25) is 0 Å². The van der Waals surface area contributed by atoms with E-state index in [9.17, 15) is 9.59 Å². The second-order valence-electron chi connectivity index (χ2n) is 4.66. The van der Waals surface area contributed by atoms with Gasteiger partial charge in [-0.3, -0.25) is 20.4 Å². The minimum atomic E-state index is -0.410. The van der Waals surface area contributed by atoms with Crippen LogP contribution >= 0.6 is 11.3 Å². The first-order valence-electron chi connectivity index (χ1n) is 6.96. The van der Waals surface area contributed by atoms with E-state index >= 15 is 0 Å². The molecule has 0 atom stereocenters. The minimum absolute atomic E-state index is 0.152. The molecule has 0 aliphatic rings. The SMILES string of the molecule is CCc1ccccc1OCC(=O)NNC(=O)c1ccc(C)s1. The first kappa shape index (κ1) is 16.0. The molecular weight excluding hydrogens is 300 g/mol. The van der Waals surface area contributed by atoms with Crippen molar-refractivity contribution in [2.75, 3.05) is 6.61 Å². The third-order valence-electron chi connectivity index (χ3n) is 2.99. The molecule has 0 unspecified atom stereocenters. The number of ether oxygens (including phenoxy) is 1. The molecule has 1 aromatic carbocycles. The Morgan fingerprint density at radius 1 is 1.14 bits per heavy atom. The van der Waals surface area contributed by atoms with Gasteiger partial charge in [0.1, 0.15) is 5.75 Å². The van der Waals surface area contributed by atoms with Gasteiger partial charge in [-0.1, -0.05) is 25.1 Å². The van der Waals surface area contributed by atoms with Crippen LogP contribution in [0.5, 0.6) is 5.75 Å². The molecule has 1 heterocycles. The minimum Gasteiger partial charge on any atom is -0.483 e. The maximum atomic E-state index is 11.8. The van der Waals surface area contributed by atoms with Crippen LogP contribution in [0.15, 0.2) is 36.4 Å². The molecule has 0 aliphatic heterocycles. The van der Waals surface area contributed by atoms with Crippen LogP contribution in [-0.4, -0.2) is 18.4 Å². The van der Waals surface area contributed by atoms with E-state index in [4.69, 9.17) is 4.74 Å². The molecule has 0 radical (unpaired) electrons. The zero-order valence-electron chi connectivity index (χ0n) is 12.5. The van der Waals surface area contributed by atoms with Gasteiger partial charge in [0.25, 0.3) is 11.8 Å². The predicted octanol–water partition coefficient (Wildman–Crippen LogP) is 2.46. The van der Waals surface area contributed by atoms with Crippen molar-refractivity contribution in [3.63, 3.8) is 0 Å². The Morgan fingerprint density at radius 2 is 1.91 bits per heavy atom. The van der Waals surface area contributed by atoms with E-state index in [1.165, 1.54) is 11.3 Å². The number of carbonyl (C=O) groups excluding carboxylic acids is 2. The topological polar surface area (TPSA) is 67.4 Å². The molecule has 2 aromatic rings. The number of aryl methyl sites for hydroxylation is 2. The molecule has 0 bridgehead atoms. The van der Waals surface area contributed by atoms with Crippen molar-refractivity contribution in [1.29, 1.82) is 0 Å². The predicted molar refractivity (Wildman–Crippen MR) is 86.0 cm³/mol. The number of hydrogen-bond donors (Lipinski definition) is 2. The Bertz CT molecular complexity index is 667. The Kier molecular flexibility index (Phi) is 5.55. The highest BCUT2D eigenvalue weighted by Crippen LogP contribution is 2.18. The number of amides is 2. The van der Waals surface area contributed by atoms with Gasteiger partial charge in [-0.25, -0.2) is 0 Å². The van der Waals surface area contributed by atoms with Crippen LogP contribution in [-0.2, 0) is 11.2 Å². The number of hydrogen-bond acceptors (Lipinski definition) is 4. The number of rotatable bonds is 5. The Morgan fingerprint density at radius 3 is 2.59 bits per heavy atom. The normalized spacial score (nSPS) is 10.1. The van der Waals surface area contributed by atoms with Crippen LogP contribution in [0.25, 0.3) is 0 Å². The van der Waals surface area contributed by atoms with Crippen molar-refractivity contribution in [3.05, 3.63) is 51.7 Å². The highest BCUT2D eigenvalue weighted by Gasteiger charge is 2.10. The van der Waals surface area contributed by atoms with Gasteiger partial charge in [-0.05, 0) is 37.1 Å². The van der Waals surface area contributed by atoms with Gasteiger partial charge in [-0.15, -0.1) is 11.3 Å². The Labute approximate surface area is 133 Å². The summed E-state index contributed by atoms with van der Waals surface area (Å²) in [6.07, 6.45) is 0.826. The lowest BCUT2D eigenvalue weighted by molar-refractivity contribution is -0.123. The maximum Gasteiger partial charge on any atom is 0.279 e. The molecule has 0 aliphatic carbocycles. The fourth-order valence-corrected chi connectivity index (χ4v) is 2.62. The van der Waals surface area contributed by atoms with Crippen LogP contribution in [0, 0.1) is 6.92 Å². The monoisotopic (exact) mass is 318 g/mol. The summed E-state index contributed by atoms with van der Waals surface area (Å²) < 4.78 is 5.47. The molecule has 0 spiro atoms. The lowest BCUT2D eigenvalue weighted by Crippen LogP contribution is -2.43. The lowest BCUT2D eigenvalue weighted by Gasteiger charge is -2.10. The third kappa shape index (κ3) is 4.33. The molecule has 0 saturated carbocycles. The van der Waals surface area contributed by atoms with E-state index < -0.39 is 5.91 Å². The molecule has 116 valence electrons. The Hall–Kier alpha value is -2.34. The average Bonchev–Trinajstić information content (AvgIpc) is 2.97. The Balaban J connectivity index is 1.80. The van der Waals surface area contributed by atoms with E-state index in [2.05, 4.69) is 10.9 Å². The number of hydrazine groups is 1. The second kappa shape index (κ2) is 7.61. The molecule has 0 saturated heterocycles. The quantitative estimate of drug-likeness (QED) is 0.832. The molecule has 2 amide bonds. The van der Waals surface area contributed by atoms with Crippen molar-refractivity contribution in [2.45, 2.75) is 20.3 Å². The van der Waals surface area contributed by atoms with Gasteiger partial charge in [0, 0.05) is 4.88 Å². The summed E-state index contributed by atoms with van der Waals surface area (Å²) in [7, 11) is 0. The van der Waals surface area contributed by atoms with Gasteiger partial charge in [-0.2, -0.15) is 0 Å². The largest absolute Gasteiger partial charge is 0.483 e. The summed E-state index contributed by atoms with van der Waals surface area (Å²) in [5.74, 6) is -0.0618. The zero-order valence-corrected chi connectivity index (χ0v) is 13.3. The zero-order chi connectivity index (χ0) is 15.9. The average molecular weight is 318 g/mol. The van der Waals surface area contributed by atoms with E-state index in [0.717, 1.165) is 16.9 Å². The van der Waals surface area contributed by atoms with Gasteiger partial charge in [0.05, 0.1) is 4.88 Å². The number of benzene rings is 1. The van der Waals surface area contributed by atoms with Crippen molar-refractivity contribution < 1.29 is 14.3 Å². The summed E-state index contributed by atoms with van der Waals surface area (Å²) in [6, 6.07) is 11.1. The summed E-state index contributed by atoms with van der Waals surface area (Å²) in [6.45, 7) is 3.78. The van der Waals surface area contributed by atoms with Crippen LogP contribution in [0.4, 0.5) is 0 Å². The first-order chi connectivity index (χ1) is 10.6. The van der Waals surface area contributed by atoms with Crippen LogP contribution in [0.3, 0.4) is 0 Å². The number of thiophene rings is 1. The van der Waals surface area contributed by atoms with Crippen LogP contribution in [0.2, 0.25) is 0 Å². The summed E-state index contributed by atoms with van der Waals surface area (Å²) in [5.41, 5.74) is 5.75. The molecular formula is C16H18N2O3S. The highest BCUT2D eigenvalue weighted by atomic mass is 32.1. The van der Waals surface area contributed by atoms with E-state index in [-0.39, 0.29) is 12.5 Å². The molecule has 5 nitrogen and oxygen atoms in total. The number of para-hydroxylation sites is 1. The molecule has 6 heteroatoms. The van der Waals surface area contributed by atoms with Crippen molar-refractivity contribution in [2.24, 2.45) is 0 Å². The van der Waals surface area contributed by atoms with Gasteiger partial charge in [0.15, 0.2) is 6.61 Å². The molecule has 1 aromatic heterocycles. The highest BCUT2D eigenvalue weighted by molar-refractivity contribution is 7.13. The number of nitrogens with one attached hydrogen (secondary N) is 2. The molecule has 0 fully saturated rings. The smallest absolute Gasteiger partial charge is 0.279 e. The fourth-order valence-electron chi connectivity index (χ4n) is 1.86. The van der Waals surface area contributed by atoms with Gasteiger partial charge < -0.3 is 4.74 Å². The maximum absolute atomic E-state index is 11.8. The first-order valence-corrected chi connectivity index (χ1v) is 7.78. The van der Waals surface area contributed by atoms with E-state index in [1.807, 2.05) is 44.2 Å².